The standard InChI is InChI=1S/C41H46FN7O5/c1-25(2)36(46-41(53)54-3)40(52)49-18-4-5-35(49)37-43-24-34(45-37)27-8-6-26(7-9-27)32-17-14-30(23-33(32)42)44-38(50)28-12-15-31(16-13-28)47-19-21-48(22-20-47)39(51)29-10-11-29/h6-9,12-17,23-25,29,35-36H,4-5,10-11,18-22H2,1-3H3,(H,43,45)(H,44,50)(H,46,53)/t35-,36-/m0/s1. The van der Waals surface area contributed by atoms with Crippen molar-refractivity contribution in [2.45, 2.75) is 51.6 Å². The number of anilines is 2. The van der Waals surface area contributed by atoms with E-state index in [1.165, 1.54) is 13.2 Å². The highest BCUT2D eigenvalue weighted by molar-refractivity contribution is 6.04. The van der Waals surface area contributed by atoms with Gasteiger partial charge in [0.05, 0.1) is 18.8 Å². The van der Waals surface area contributed by atoms with Gasteiger partial charge in [-0.1, -0.05) is 38.1 Å². The molecule has 4 amide bonds. The molecule has 0 spiro atoms. The van der Waals surface area contributed by atoms with Gasteiger partial charge in [0, 0.05) is 72.9 Å². The summed E-state index contributed by atoms with van der Waals surface area (Å²) in [6.07, 6.45) is 4.73. The van der Waals surface area contributed by atoms with Gasteiger partial charge in [0.15, 0.2) is 0 Å². The molecule has 2 saturated heterocycles. The molecular formula is C41H46FN7O5. The van der Waals surface area contributed by atoms with Crippen molar-refractivity contribution in [2.75, 3.05) is 50.1 Å². The lowest BCUT2D eigenvalue weighted by Crippen LogP contribution is -2.51. The molecule has 1 saturated carbocycles. The normalized spacial score (nSPS) is 17.7. The van der Waals surface area contributed by atoms with E-state index in [0.29, 0.717) is 53.5 Å². The molecule has 2 atom stereocenters. The third-order valence-electron chi connectivity index (χ3n) is 10.6. The minimum atomic E-state index is -0.716. The van der Waals surface area contributed by atoms with Crippen molar-refractivity contribution in [3.8, 4) is 22.4 Å². The summed E-state index contributed by atoms with van der Waals surface area (Å²) in [7, 11) is 1.27. The number of H-pyrrole nitrogens is 1. The number of hydrogen-bond donors (Lipinski definition) is 3. The molecule has 3 fully saturated rings. The second kappa shape index (κ2) is 15.7. The predicted molar refractivity (Wildman–Crippen MR) is 203 cm³/mol. The first-order valence-corrected chi connectivity index (χ1v) is 18.7. The minimum Gasteiger partial charge on any atom is -0.453 e. The number of aromatic nitrogens is 2. The van der Waals surface area contributed by atoms with Gasteiger partial charge in [0.25, 0.3) is 5.91 Å². The van der Waals surface area contributed by atoms with Crippen LogP contribution in [0.25, 0.3) is 22.4 Å². The number of nitrogens with zero attached hydrogens (tertiary/aromatic N) is 4. The van der Waals surface area contributed by atoms with Crippen LogP contribution in [0.15, 0.2) is 72.9 Å². The molecule has 4 aromatic rings. The van der Waals surface area contributed by atoms with Gasteiger partial charge in [-0.2, -0.15) is 0 Å². The van der Waals surface area contributed by atoms with Crippen LogP contribution in [0.1, 0.15) is 61.8 Å². The first-order chi connectivity index (χ1) is 26.1. The molecule has 0 bridgehead atoms. The highest BCUT2D eigenvalue weighted by Crippen LogP contribution is 2.34. The topological polar surface area (TPSA) is 140 Å². The highest BCUT2D eigenvalue weighted by Gasteiger charge is 2.38. The Bertz CT molecular complexity index is 2000. The van der Waals surface area contributed by atoms with E-state index in [0.717, 1.165) is 50.0 Å². The van der Waals surface area contributed by atoms with Crippen molar-refractivity contribution in [1.82, 2.24) is 25.1 Å². The number of rotatable bonds is 10. The third-order valence-corrected chi connectivity index (χ3v) is 10.6. The number of benzene rings is 3. The maximum Gasteiger partial charge on any atom is 0.407 e. The van der Waals surface area contributed by atoms with Crippen molar-refractivity contribution >= 4 is 35.2 Å². The van der Waals surface area contributed by atoms with Crippen molar-refractivity contribution in [3.05, 3.63) is 90.1 Å². The molecule has 54 heavy (non-hydrogen) atoms. The van der Waals surface area contributed by atoms with Gasteiger partial charge in [-0.3, -0.25) is 14.4 Å². The van der Waals surface area contributed by atoms with E-state index in [1.807, 2.05) is 55.1 Å². The Hall–Kier alpha value is -5.72. The second-order valence-corrected chi connectivity index (χ2v) is 14.6. The smallest absolute Gasteiger partial charge is 0.407 e. The summed E-state index contributed by atoms with van der Waals surface area (Å²) < 4.78 is 20.1. The number of halogens is 1. The van der Waals surface area contributed by atoms with Crippen LogP contribution in [-0.2, 0) is 14.3 Å². The van der Waals surface area contributed by atoms with E-state index in [2.05, 4.69) is 20.5 Å². The fourth-order valence-corrected chi connectivity index (χ4v) is 7.30. The molecule has 0 unspecified atom stereocenters. The summed E-state index contributed by atoms with van der Waals surface area (Å²) in [6, 6.07) is 18.4. The summed E-state index contributed by atoms with van der Waals surface area (Å²) in [6.45, 7) is 7.24. The molecule has 3 heterocycles. The molecule has 7 rings (SSSR count). The average molecular weight is 736 g/mol. The number of piperazine rings is 1. The minimum absolute atomic E-state index is 0.129. The van der Waals surface area contributed by atoms with Crippen LogP contribution in [0.2, 0.25) is 0 Å². The lowest BCUT2D eigenvalue weighted by atomic mass is 10.0. The third kappa shape index (κ3) is 7.95. The maximum absolute atomic E-state index is 15.4. The quantitative estimate of drug-likeness (QED) is 0.175. The number of ether oxygens (including phenoxy) is 1. The molecule has 3 N–H and O–H groups in total. The van der Waals surface area contributed by atoms with Gasteiger partial charge < -0.3 is 35.1 Å². The van der Waals surface area contributed by atoms with E-state index in [9.17, 15) is 19.2 Å². The lowest BCUT2D eigenvalue weighted by Gasteiger charge is -2.36. The molecule has 282 valence electrons. The van der Waals surface area contributed by atoms with Gasteiger partial charge in [-0.25, -0.2) is 14.2 Å². The van der Waals surface area contributed by atoms with Crippen LogP contribution in [0, 0.1) is 17.7 Å². The zero-order valence-electron chi connectivity index (χ0n) is 30.8. The molecule has 0 radical (unpaired) electrons. The number of nitrogens with one attached hydrogen (secondary N) is 3. The fourth-order valence-electron chi connectivity index (χ4n) is 7.30. The number of likely N-dealkylation sites (tertiary alicyclic amines) is 1. The number of carbonyl (C=O) groups excluding carboxylic acids is 4. The van der Waals surface area contributed by atoms with Gasteiger partial charge in [0.1, 0.15) is 17.7 Å². The summed E-state index contributed by atoms with van der Waals surface area (Å²) in [4.78, 5) is 64.8. The van der Waals surface area contributed by atoms with Crippen LogP contribution in [-0.4, -0.2) is 89.5 Å². The van der Waals surface area contributed by atoms with Gasteiger partial charge >= 0.3 is 6.09 Å². The molecule has 1 aliphatic carbocycles. The number of methoxy groups -OCH3 is 1. The maximum atomic E-state index is 15.4. The zero-order valence-corrected chi connectivity index (χ0v) is 30.8. The summed E-state index contributed by atoms with van der Waals surface area (Å²) >= 11 is 0. The Balaban J connectivity index is 0.953. The first kappa shape index (κ1) is 36.6. The fraction of sp³-hybridized carbons (Fsp3) is 0.390. The lowest BCUT2D eigenvalue weighted by molar-refractivity contribution is -0.135. The highest BCUT2D eigenvalue weighted by atomic mass is 19.1. The average Bonchev–Trinajstić information content (AvgIpc) is 3.71. The van der Waals surface area contributed by atoms with E-state index in [-0.39, 0.29) is 35.6 Å². The number of alkyl carbamates (subject to hydrolysis) is 1. The van der Waals surface area contributed by atoms with Crippen molar-refractivity contribution in [3.63, 3.8) is 0 Å². The number of carbonyl (C=O) groups is 4. The molecule has 3 aliphatic rings. The Kier molecular flexibility index (Phi) is 10.7. The number of amides is 4. The van der Waals surface area contributed by atoms with E-state index in [1.54, 1.807) is 35.4 Å². The number of hydrogen-bond acceptors (Lipinski definition) is 7. The molecule has 2 aliphatic heterocycles. The SMILES string of the molecule is COC(=O)N[C@H](C(=O)N1CCC[C@H]1c1nc(-c2ccc(-c3ccc(NC(=O)c4ccc(N5CCN(C(=O)C6CC6)CC5)cc4)cc3F)cc2)c[nH]1)C(C)C. The van der Waals surface area contributed by atoms with Crippen LogP contribution < -0.4 is 15.5 Å². The monoisotopic (exact) mass is 735 g/mol. The molecular weight excluding hydrogens is 689 g/mol. The van der Waals surface area contributed by atoms with Crippen LogP contribution in [0.5, 0.6) is 0 Å². The zero-order chi connectivity index (χ0) is 37.9. The number of imidazole rings is 1. The van der Waals surface area contributed by atoms with Crippen molar-refractivity contribution in [1.29, 1.82) is 0 Å². The Morgan fingerprint density at radius 3 is 2.24 bits per heavy atom. The Morgan fingerprint density at radius 1 is 0.889 bits per heavy atom. The molecule has 12 nitrogen and oxygen atoms in total. The summed E-state index contributed by atoms with van der Waals surface area (Å²) in [5.41, 5.74) is 4.39. The first-order valence-electron chi connectivity index (χ1n) is 18.7. The molecule has 1 aromatic heterocycles. The Labute approximate surface area is 314 Å². The summed E-state index contributed by atoms with van der Waals surface area (Å²) in [5, 5.41) is 5.47. The predicted octanol–water partition coefficient (Wildman–Crippen LogP) is 6.24. The van der Waals surface area contributed by atoms with Crippen LogP contribution >= 0.6 is 0 Å². The van der Waals surface area contributed by atoms with Crippen LogP contribution in [0.4, 0.5) is 20.6 Å². The second-order valence-electron chi connectivity index (χ2n) is 14.6. The molecule has 13 heteroatoms. The van der Waals surface area contributed by atoms with Crippen molar-refractivity contribution < 1.29 is 28.3 Å². The molecule has 3 aromatic carbocycles. The van der Waals surface area contributed by atoms with Gasteiger partial charge in [0.2, 0.25) is 11.8 Å². The van der Waals surface area contributed by atoms with E-state index >= 15 is 4.39 Å². The van der Waals surface area contributed by atoms with Gasteiger partial charge in [-0.15, -0.1) is 0 Å². The largest absolute Gasteiger partial charge is 0.453 e. The Morgan fingerprint density at radius 2 is 1.59 bits per heavy atom. The van der Waals surface area contributed by atoms with E-state index in [4.69, 9.17) is 9.72 Å². The van der Waals surface area contributed by atoms with E-state index < -0.39 is 18.0 Å². The van der Waals surface area contributed by atoms with Crippen molar-refractivity contribution in [2.24, 2.45) is 11.8 Å². The number of aromatic amines is 1. The van der Waals surface area contributed by atoms with Crippen LogP contribution in [0.3, 0.4) is 0 Å². The van der Waals surface area contributed by atoms with Gasteiger partial charge in [-0.05, 0) is 79.6 Å². The summed E-state index contributed by atoms with van der Waals surface area (Å²) in [5.74, 6) is 0.0678.